The number of aryl methyl sites for hydroxylation is 1. The molecule has 1 atom stereocenters. The summed E-state index contributed by atoms with van der Waals surface area (Å²) in [5, 5.41) is 11.7. The lowest BCUT2D eigenvalue weighted by Crippen LogP contribution is -2.22. The van der Waals surface area contributed by atoms with Gasteiger partial charge in [-0.25, -0.2) is 13.8 Å². The summed E-state index contributed by atoms with van der Waals surface area (Å²) in [6, 6.07) is 5.11. The number of anilines is 1. The van der Waals surface area contributed by atoms with Crippen molar-refractivity contribution in [1.82, 2.24) is 9.55 Å². The van der Waals surface area contributed by atoms with E-state index in [0.717, 1.165) is 12.1 Å². The molecule has 3 rings (SSSR count). The number of ether oxygens (including phenoxy) is 1. The van der Waals surface area contributed by atoms with Gasteiger partial charge in [-0.3, -0.25) is 4.79 Å². The Balaban J connectivity index is 2.06. The van der Waals surface area contributed by atoms with Gasteiger partial charge in [0, 0.05) is 18.8 Å². The van der Waals surface area contributed by atoms with Crippen molar-refractivity contribution in [3.05, 3.63) is 64.6 Å². The number of nitrogens with zero attached hydrogens (tertiary/aromatic N) is 2. The van der Waals surface area contributed by atoms with Gasteiger partial charge in [-0.05, 0) is 31.2 Å². The molecule has 0 saturated heterocycles. The number of hydrogen-bond donors (Lipinski definition) is 2. The van der Waals surface area contributed by atoms with Crippen LogP contribution in [-0.2, 0) is 7.05 Å². The Bertz CT molecular complexity index is 1170. The van der Waals surface area contributed by atoms with Gasteiger partial charge in [0.15, 0.2) is 6.61 Å². The fraction of sp³-hybridized carbons (Fsp3) is 0.238. The summed E-state index contributed by atoms with van der Waals surface area (Å²) < 4.78 is 73.4. The first kappa shape index (κ1) is 24.5. The van der Waals surface area contributed by atoms with Crippen molar-refractivity contribution in [3.8, 4) is 17.0 Å². The molecule has 0 bridgehead atoms. The molecule has 6 nitrogen and oxygen atoms in total. The Hall–Kier alpha value is -3.18. The standard InChI is InChI=1S/C21H17ClF5N3O3/c1-10(31)19-28-16(8-30(19)2)11-7-17(33-9-21(25,26)27)12(6-15(11)24)20(32)29-18-13(22)4-3-5-14(18)23/h3-8,10,31H,9H2,1-2H3,(H,29,32). The van der Waals surface area contributed by atoms with Crippen molar-refractivity contribution in [2.24, 2.45) is 7.05 Å². The SMILES string of the molecule is CC(O)c1nc(-c2cc(OCC(F)(F)F)c(C(=O)Nc3c(F)cccc3Cl)cc2F)cn1C. The van der Waals surface area contributed by atoms with Crippen LogP contribution in [0, 0.1) is 11.6 Å². The maximum atomic E-state index is 14.9. The van der Waals surface area contributed by atoms with Gasteiger partial charge in [-0.1, -0.05) is 17.7 Å². The maximum absolute atomic E-state index is 14.9. The molecule has 1 heterocycles. The highest BCUT2D eigenvalue weighted by Crippen LogP contribution is 2.33. The van der Waals surface area contributed by atoms with Crippen LogP contribution in [0.25, 0.3) is 11.3 Å². The molecule has 3 aromatic rings. The number of halogens is 6. The largest absolute Gasteiger partial charge is 0.483 e. The third kappa shape index (κ3) is 5.60. The number of para-hydroxylation sites is 1. The van der Waals surface area contributed by atoms with Crippen molar-refractivity contribution >= 4 is 23.2 Å². The molecule has 1 aromatic heterocycles. The van der Waals surface area contributed by atoms with Crippen molar-refractivity contribution in [2.45, 2.75) is 19.2 Å². The number of alkyl halides is 3. The first-order valence-corrected chi connectivity index (χ1v) is 9.75. The highest BCUT2D eigenvalue weighted by molar-refractivity contribution is 6.34. The molecule has 2 N–H and O–H groups in total. The van der Waals surface area contributed by atoms with Gasteiger partial charge in [0.2, 0.25) is 0 Å². The average Bonchev–Trinajstić information content (AvgIpc) is 3.10. The molecular formula is C21H17ClF5N3O3. The van der Waals surface area contributed by atoms with Crippen molar-refractivity contribution in [3.63, 3.8) is 0 Å². The summed E-state index contributed by atoms with van der Waals surface area (Å²) in [6.07, 6.45) is -4.39. The van der Waals surface area contributed by atoms with Crippen molar-refractivity contribution in [2.75, 3.05) is 11.9 Å². The fourth-order valence-corrected chi connectivity index (χ4v) is 3.21. The van der Waals surface area contributed by atoms with E-state index >= 15 is 0 Å². The molecule has 1 unspecified atom stereocenters. The van der Waals surface area contributed by atoms with Gasteiger partial charge < -0.3 is 19.7 Å². The summed E-state index contributed by atoms with van der Waals surface area (Å²) in [7, 11) is 1.54. The van der Waals surface area contributed by atoms with Crippen LogP contribution in [0.1, 0.15) is 29.2 Å². The number of hydrogen-bond acceptors (Lipinski definition) is 4. The second kappa shape index (κ2) is 9.36. The second-order valence-electron chi connectivity index (χ2n) is 7.05. The summed E-state index contributed by atoms with van der Waals surface area (Å²) in [6.45, 7) is -0.332. The third-order valence-electron chi connectivity index (χ3n) is 4.47. The molecule has 0 aliphatic carbocycles. The first-order chi connectivity index (χ1) is 15.4. The lowest BCUT2D eigenvalue weighted by Gasteiger charge is -2.15. The van der Waals surface area contributed by atoms with Crippen LogP contribution >= 0.6 is 11.6 Å². The summed E-state index contributed by atoms with van der Waals surface area (Å²) in [4.78, 5) is 16.8. The number of aromatic nitrogens is 2. The van der Waals surface area contributed by atoms with E-state index < -0.39 is 53.4 Å². The zero-order chi connectivity index (χ0) is 24.5. The quantitative estimate of drug-likeness (QED) is 0.463. The molecule has 0 aliphatic heterocycles. The van der Waals surface area contributed by atoms with E-state index in [9.17, 15) is 31.9 Å². The summed E-state index contributed by atoms with van der Waals surface area (Å²) >= 11 is 5.86. The van der Waals surface area contributed by atoms with Gasteiger partial charge in [-0.15, -0.1) is 0 Å². The second-order valence-corrected chi connectivity index (χ2v) is 7.46. The predicted molar refractivity (Wildman–Crippen MR) is 110 cm³/mol. The lowest BCUT2D eigenvalue weighted by molar-refractivity contribution is -0.153. The molecule has 2 aromatic carbocycles. The van der Waals surface area contributed by atoms with E-state index in [4.69, 9.17) is 16.3 Å². The van der Waals surface area contributed by atoms with Gasteiger partial charge in [-0.2, -0.15) is 13.2 Å². The molecule has 12 heteroatoms. The smallest absolute Gasteiger partial charge is 0.422 e. The molecule has 0 spiro atoms. The monoisotopic (exact) mass is 489 g/mol. The third-order valence-corrected chi connectivity index (χ3v) is 4.78. The fourth-order valence-electron chi connectivity index (χ4n) is 3.00. The van der Waals surface area contributed by atoms with Crippen LogP contribution in [0.5, 0.6) is 5.75 Å². The number of carbonyl (C=O) groups excluding carboxylic acids is 1. The summed E-state index contributed by atoms with van der Waals surface area (Å²) in [5.74, 6) is -3.48. The van der Waals surface area contributed by atoms with Crippen LogP contribution in [0.3, 0.4) is 0 Å². The Morgan fingerprint density at radius 2 is 1.97 bits per heavy atom. The minimum atomic E-state index is -4.75. The highest BCUT2D eigenvalue weighted by atomic mass is 35.5. The number of rotatable bonds is 6. The predicted octanol–water partition coefficient (Wildman–Crippen LogP) is 5.27. The van der Waals surface area contributed by atoms with Gasteiger partial charge in [0.05, 0.1) is 22.0 Å². The number of imidazole rings is 1. The Labute approximate surface area is 189 Å². The lowest BCUT2D eigenvalue weighted by atomic mass is 10.1. The molecule has 0 aliphatic rings. The van der Waals surface area contributed by atoms with E-state index in [-0.39, 0.29) is 22.1 Å². The number of nitrogens with one attached hydrogen (secondary N) is 1. The number of aliphatic hydroxyl groups is 1. The van der Waals surface area contributed by atoms with E-state index in [1.54, 1.807) is 0 Å². The topological polar surface area (TPSA) is 76.4 Å². The number of aliphatic hydroxyl groups excluding tert-OH is 1. The highest BCUT2D eigenvalue weighted by Gasteiger charge is 2.30. The van der Waals surface area contributed by atoms with E-state index in [0.29, 0.717) is 6.07 Å². The average molecular weight is 490 g/mol. The van der Waals surface area contributed by atoms with Gasteiger partial charge in [0.25, 0.3) is 5.91 Å². The molecular weight excluding hydrogens is 473 g/mol. The van der Waals surface area contributed by atoms with E-state index in [1.807, 2.05) is 0 Å². The Morgan fingerprint density at radius 3 is 2.55 bits per heavy atom. The van der Waals surface area contributed by atoms with Gasteiger partial charge in [0.1, 0.15) is 29.3 Å². The minimum Gasteiger partial charge on any atom is -0.483 e. The summed E-state index contributed by atoms with van der Waals surface area (Å²) in [5.41, 5.74) is -1.32. The molecule has 176 valence electrons. The Morgan fingerprint density at radius 1 is 1.27 bits per heavy atom. The van der Waals surface area contributed by atoms with Crippen LogP contribution in [-0.4, -0.2) is 33.3 Å². The van der Waals surface area contributed by atoms with Gasteiger partial charge >= 0.3 is 6.18 Å². The zero-order valence-corrected chi connectivity index (χ0v) is 17.9. The van der Waals surface area contributed by atoms with E-state index in [2.05, 4.69) is 10.3 Å². The zero-order valence-electron chi connectivity index (χ0n) is 17.2. The Kier molecular flexibility index (Phi) is 6.94. The van der Waals surface area contributed by atoms with Crippen molar-refractivity contribution in [1.29, 1.82) is 0 Å². The number of benzene rings is 2. The maximum Gasteiger partial charge on any atom is 0.422 e. The van der Waals surface area contributed by atoms with Crippen LogP contribution in [0.2, 0.25) is 5.02 Å². The molecule has 0 radical (unpaired) electrons. The normalized spacial score (nSPS) is 12.5. The number of carbonyl (C=O) groups is 1. The first-order valence-electron chi connectivity index (χ1n) is 9.37. The van der Waals surface area contributed by atoms with Crippen LogP contribution < -0.4 is 10.1 Å². The molecule has 0 saturated carbocycles. The van der Waals surface area contributed by atoms with Crippen LogP contribution in [0.4, 0.5) is 27.6 Å². The molecule has 0 fully saturated rings. The minimum absolute atomic E-state index is 0.00753. The molecule has 1 amide bonds. The van der Waals surface area contributed by atoms with Crippen molar-refractivity contribution < 1.29 is 36.6 Å². The van der Waals surface area contributed by atoms with E-state index in [1.165, 1.54) is 36.9 Å². The molecule has 33 heavy (non-hydrogen) atoms. The van der Waals surface area contributed by atoms with Crippen LogP contribution in [0.15, 0.2) is 36.5 Å². The number of amides is 1.